The molecule has 1 aliphatic heterocycles. The van der Waals surface area contributed by atoms with Gasteiger partial charge in [-0.15, -0.1) is 0 Å². The molecule has 1 atom stereocenters. The molecule has 0 aromatic carbocycles. The Labute approximate surface area is 113 Å². The Morgan fingerprint density at radius 1 is 1.58 bits per heavy atom. The fraction of sp³-hybridized carbons (Fsp3) is 0.692. The van der Waals surface area contributed by atoms with Crippen molar-refractivity contribution in [2.45, 2.75) is 38.8 Å². The Hall–Kier alpha value is -2.08. The zero-order valence-corrected chi connectivity index (χ0v) is 11.5. The van der Waals surface area contributed by atoms with E-state index < -0.39 is 11.6 Å². The van der Waals surface area contributed by atoms with Gasteiger partial charge in [0, 0.05) is 19.5 Å². The minimum atomic E-state index is -0.835. The highest BCUT2D eigenvalue weighted by atomic mass is 16.6. The van der Waals surface area contributed by atoms with Gasteiger partial charge in [-0.3, -0.25) is 9.84 Å². The molecule has 0 saturated carbocycles. The Morgan fingerprint density at radius 2 is 2.26 bits per heavy atom. The van der Waals surface area contributed by atoms with Gasteiger partial charge in [0.15, 0.2) is 6.07 Å². The van der Waals surface area contributed by atoms with Crippen LogP contribution in [0, 0.1) is 17.9 Å². The first-order chi connectivity index (χ1) is 8.87. The largest absolute Gasteiger partial charge is 0.444 e. The van der Waals surface area contributed by atoms with E-state index in [4.69, 9.17) is 16.6 Å². The highest BCUT2D eigenvalue weighted by molar-refractivity contribution is 5.94. The summed E-state index contributed by atoms with van der Waals surface area (Å²) in [6, 6.07) is 1.08. The van der Waals surface area contributed by atoms with Gasteiger partial charge in [0.2, 0.25) is 0 Å². The topological polar surface area (TPSA) is 70.0 Å². The lowest BCUT2D eigenvalue weighted by Crippen LogP contribution is -2.38. The summed E-state index contributed by atoms with van der Waals surface area (Å²) in [5, 5.41) is 8.85. The highest BCUT2D eigenvalue weighted by Gasteiger charge is 2.27. The number of ether oxygens (including phenoxy) is 1. The molecule has 6 nitrogen and oxygen atoms in total. The second kappa shape index (κ2) is 6.19. The van der Waals surface area contributed by atoms with Gasteiger partial charge in [-0.05, 0) is 20.8 Å². The predicted octanol–water partition coefficient (Wildman–Crippen LogP) is 1.88. The first kappa shape index (κ1) is 15.0. The number of aliphatic imine (C=N–C) groups is 1. The molecule has 1 rings (SSSR count). The van der Waals surface area contributed by atoms with Crippen molar-refractivity contribution in [2.75, 3.05) is 19.6 Å². The molecule has 0 fully saturated rings. The molecule has 1 aliphatic rings. The number of hydrogen-bond acceptors (Lipinski definition) is 4. The maximum atomic E-state index is 11.9. The van der Waals surface area contributed by atoms with Gasteiger partial charge >= 0.3 is 12.1 Å². The lowest BCUT2D eigenvalue weighted by molar-refractivity contribution is 0.0264. The van der Waals surface area contributed by atoms with Crippen LogP contribution in [0.4, 0.5) is 4.79 Å². The lowest BCUT2D eigenvalue weighted by atomic mass is 10.1. The van der Waals surface area contributed by atoms with Crippen LogP contribution < -0.4 is 0 Å². The second-order valence-corrected chi connectivity index (χ2v) is 5.25. The summed E-state index contributed by atoms with van der Waals surface area (Å²) in [5.74, 6) is 0. The zero-order chi connectivity index (χ0) is 14.5. The van der Waals surface area contributed by atoms with Crippen LogP contribution in [0.25, 0.3) is 4.85 Å². The zero-order valence-electron chi connectivity index (χ0n) is 11.5. The molecule has 0 aromatic heterocycles. The molecule has 0 N–H and O–H groups in total. The molecule has 0 saturated heterocycles. The molecule has 1 unspecified atom stereocenters. The SMILES string of the molecule is [C-]#[N+]C(C#N)C1=NCCN(C(=O)OC(C)(C)C)CC1. The van der Waals surface area contributed by atoms with Gasteiger partial charge in [-0.2, -0.15) is 5.26 Å². The molecule has 102 valence electrons. The van der Waals surface area contributed by atoms with Crippen molar-refractivity contribution >= 4 is 11.8 Å². The normalized spacial score (nSPS) is 17.5. The smallest absolute Gasteiger partial charge is 0.410 e. The first-order valence-electron chi connectivity index (χ1n) is 6.14. The Bertz CT molecular complexity index is 437. The minimum absolute atomic E-state index is 0.375. The van der Waals surface area contributed by atoms with Crippen LogP contribution in [0.15, 0.2) is 4.99 Å². The van der Waals surface area contributed by atoms with Crippen molar-refractivity contribution in [3.05, 3.63) is 11.4 Å². The average Bonchev–Trinajstić information content (AvgIpc) is 2.54. The summed E-state index contributed by atoms with van der Waals surface area (Å²) in [6.07, 6.45) is 0.0695. The van der Waals surface area contributed by atoms with Crippen molar-refractivity contribution in [1.82, 2.24) is 4.90 Å². The molecule has 19 heavy (non-hydrogen) atoms. The lowest BCUT2D eigenvalue weighted by Gasteiger charge is -2.26. The van der Waals surface area contributed by atoms with Gasteiger partial charge in [-0.25, -0.2) is 11.4 Å². The summed E-state index contributed by atoms with van der Waals surface area (Å²) < 4.78 is 5.29. The number of rotatable bonds is 1. The molecule has 6 heteroatoms. The number of hydrogen-bond donors (Lipinski definition) is 0. The van der Waals surface area contributed by atoms with Gasteiger partial charge in [0.1, 0.15) is 11.3 Å². The molecule has 1 heterocycles. The molecule has 1 amide bonds. The Kier molecular flexibility index (Phi) is 4.88. The molecule has 0 aromatic rings. The van der Waals surface area contributed by atoms with E-state index in [-0.39, 0.29) is 6.09 Å². The minimum Gasteiger partial charge on any atom is -0.444 e. The molecule has 0 radical (unpaired) electrons. The van der Waals surface area contributed by atoms with Gasteiger partial charge < -0.3 is 9.64 Å². The Balaban J connectivity index is 2.62. The molecular weight excluding hydrogens is 244 g/mol. The summed E-state index contributed by atoms with van der Waals surface area (Å²) in [7, 11) is 0. The van der Waals surface area contributed by atoms with E-state index >= 15 is 0 Å². The summed E-state index contributed by atoms with van der Waals surface area (Å²) in [4.78, 5) is 20.9. The summed E-state index contributed by atoms with van der Waals surface area (Å²) in [5.41, 5.74) is 0.0299. The van der Waals surface area contributed by atoms with E-state index in [9.17, 15) is 4.79 Å². The number of carbonyl (C=O) groups is 1. The molecule has 0 spiro atoms. The standard InChI is InChI=1S/C13H18N4O2/c1-13(2,3)19-12(18)17-7-5-10(16-6-8-17)11(9-14)15-4/h11H,5-8H2,1-3H3. The summed E-state index contributed by atoms with van der Waals surface area (Å²) in [6.45, 7) is 13.7. The van der Waals surface area contributed by atoms with Gasteiger partial charge in [0.05, 0.1) is 6.54 Å². The fourth-order valence-electron chi connectivity index (χ4n) is 1.66. The van der Waals surface area contributed by atoms with E-state index in [1.165, 1.54) is 0 Å². The monoisotopic (exact) mass is 262 g/mol. The highest BCUT2D eigenvalue weighted by Crippen LogP contribution is 2.12. The van der Waals surface area contributed by atoms with Crippen LogP contribution in [-0.4, -0.2) is 48.0 Å². The Morgan fingerprint density at radius 3 is 2.79 bits per heavy atom. The predicted molar refractivity (Wildman–Crippen MR) is 70.7 cm³/mol. The number of carbonyl (C=O) groups excluding carboxylic acids is 1. The molecule has 0 bridgehead atoms. The third-order valence-corrected chi connectivity index (χ3v) is 2.54. The third kappa shape index (κ3) is 4.59. The number of nitriles is 1. The fourth-order valence-corrected chi connectivity index (χ4v) is 1.66. The van der Waals surface area contributed by atoms with E-state index in [1.807, 2.05) is 26.8 Å². The third-order valence-electron chi connectivity index (χ3n) is 2.54. The van der Waals surface area contributed by atoms with Gasteiger partial charge in [-0.1, -0.05) is 0 Å². The maximum absolute atomic E-state index is 11.9. The van der Waals surface area contributed by atoms with Crippen molar-refractivity contribution in [3.63, 3.8) is 0 Å². The van der Waals surface area contributed by atoms with Crippen molar-refractivity contribution in [1.29, 1.82) is 5.26 Å². The second-order valence-electron chi connectivity index (χ2n) is 5.25. The van der Waals surface area contributed by atoms with Crippen molar-refractivity contribution < 1.29 is 9.53 Å². The van der Waals surface area contributed by atoms with E-state index in [0.717, 1.165) is 0 Å². The van der Waals surface area contributed by atoms with E-state index in [2.05, 4.69) is 9.84 Å². The van der Waals surface area contributed by atoms with Crippen molar-refractivity contribution in [2.24, 2.45) is 4.99 Å². The quantitative estimate of drug-likeness (QED) is 0.677. The van der Waals surface area contributed by atoms with Gasteiger partial charge in [0.25, 0.3) is 0 Å². The van der Waals surface area contributed by atoms with Crippen LogP contribution in [0.1, 0.15) is 27.2 Å². The summed E-state index contributed by atoms with van der Waals surface area (Å²) >= 11 is 0. The number of nitrogens with zero attached hydrogens (tertiary/aromatic N) is 4. The van der Waals surface area contributed by atoms with Crippen LogP contribution >= 0.6 is 0 Å². The first-order valence-corrected chi connectivity index (χ1v) is 6.14. The number of amides is 1. The molecule has 0 aliphatic carbocycles. The molecular formula is C13H18N4O2. The van der Waals surface area contributed by atoms with Crippen LogP contribution in [0.5, 0.6) is 0 Å². The van der Waals surface area contributed by atoms with E-state index in [0.29, 0.717) is 31.8 Å². The van der Waals surface area contributed by atoms with Crippen LogP contribution in [-0.2, 0) is 4.74 Å². The van der Waals surface area contributed by atoms with Crippen LogP contribution in [0.2, 0.25) is 0 Å². The van der Waals surface area contributed by atoms with Crippen LogP contribution in [0.3, 0.4) is 0 Å². The maximum Gasteiger partial charge on any atom is 0.410 e. The van der Waals surface area contributed by atoms with Crippen molar-refractivity contribution in [3.8, 4) is 6.07 Å². The van der Waals surface area contributed by atoms with E-state index in [1.54, 1.807) is 4.90 Å². The average molecular weight is 262 g/mol.